The van der Waals surface area contributed by atoms with Gasteiger partial charge < -0.3 is 0 Å². The van der Waals surface area contributed by atoms with E-state index in [9.17, 15) is 0 Å². The van der Waals surface area contributed by atoms with Gasteiger partial charge in [0, 0.05) is 0 Å². The van der Waals surface area contributed by atoms with Gasteiger partial charge in [0.2, 0.25) is 0 Å². The fourth-order valence-corrected chi connectivity index (χ4v) is 16.1. The van der Waals surface area contributed by atoms with Crippen LogP contribution in [0.5, 0.6) is 0 Å². The molecule has 0 fully saturated rings. The molecule has 19 aromatic carbocycles. The lowest BCUT2D eigenvalue weighted by molar-refractivity contribution is 1.58. The van der Waals surface area contributed by atoms with E-state index < -0.39 is 0 Å². The van der Waals surface area contributed by atoms with Gasteiger partial charge in [-0.2, -0.15) is 0 Å². The van der Waals surface area contributed by atoms with Crippen molar-refractivity contribution in [3.05, 3.63) is 376 Å². The first-order valence-electron chi connectivity index (χ1n) is 34.0. The summed E-state index contributed by atoms with van der Waals surface area (Å²) >= 11 is 0. The second kappa shape index (κ2) is 23.6. The molecule has 0 N–H and O–H groups in total. The second-order valence-electron chi connectivity index (χ2n) is 26.1. The summed E-state index contributed by atoms with van der Waals surface area (Å²) < 4.78 is 0. The zero-order chi connectivity index (χ0) is 64.6. The third-order valence-corrected chi connectivity index (χ3v) is 20.6. The van der Waals surface area contributed by atoms with Crippen molar-refractivity contribution in [3.8, 4) is 111 Å². The predicted octanol–water partition coefficient (Wildman–Crippen LogP) is 27.6. The summed E-state index contributed by atoms with van der Waals surface area (Å²) in [6, 6.07) is 141. The molecule has 19 rings (SSSR count). The largest absolute Gasteiger partial charge is 0.0622 e. The van der Waals surface area contributed by atoms with Crippen LogP contribution in [0.15, 0.2) is 376 Å². The van der Waals surface area contributed by atoms with Crippen LogP contribution in [0.2, 0.25) is 0 Å². The average Bonchev–Trinajstić information content (AvgIpc) is 0.729. The molecule has 98 heavy (non-hydrogen) atoms. The molecule has 0 amide bonds. The number of rotatable bonds is 10. The number of benzene rings is 19. The highest BCUT2D eigenvalue weighted by atomic mass is 14.3. The summed E-state index contributed by atoms with van der Waals surface area (Å²) in [6.07, 6.45) is 0. The van der Waals surface area contributed by atoms with E-state index in [1.807, 2.05) is 0 Å². The molecule has 0 radical (unpaired) electrons. The standard InChI is InChI=1S/C98H62/c1-3-23-63(24-4-1)73-55-75(59-77(57-73)97-91(85-45-21-33-67-29-9-13-37-81(67)85)53-51-69-47-49-71(61-93(69)97)83-43-19-31-65-27-7-11-35-79(65)83)95-87-39-15-17-41-89(87)96(90-42-18-16-40-88(90)95)76-56-74(64-25-5-2-6-26-64)58-78(60-76)98-92(86-46-22-34-68-30-10-14-38-82(68)86)54-52-70-48-50-72(62-94(70)98)84-44-20-32-66-28-8-12-36-80(66)84/h1-62H. The van der Waals surface area contributed by atoms with E-state index in [4.69, 9.17) is 0 Å². The molecular weight excluding hydrogens is 1180 g/mol. The average molecular weight is 1240 g/mol. The lowest BCUT2D eigenvalue weighted by atomic mass is 9.81. The molecule has 0 saturated carbocycles. The Hall–Kier alpha value is -12.7. The van der Waals surface area contributed by atoms with E-state index >= 15 is 0 Å². The van der Waals surface area contributed by atoms with Crippen LogP contribution in [0.4, 0.5) is 0 Å². The van der Waals surface area contributed by atoms with Gasteiger partial charge in [-0.25, -0.2) is 0 Å². The smallest absolute Gasteiger partial charge is 0.00259 e. The van der Waals surface area contributed by atoms with Crippen LogP contribution in [0, 0.1) is 0 Å². The van der Waals surface area contributed by atoms with Crippen molar-refractivity contribution in [1.82, 2.24) is 0 Å². The normalized spacial score (nSPS) is 11.7. The van der Waals surface area contributed by atoms with Crippen molar-refractivity contribution >= 4 is 86.2 Å². The molecule has 0 aromatic heterocycles. The minimum Gasteiger partial charge on any atom is -0.0622 e. The summed E-state index contributed by atoms with van der Waals surface area (Å²) in [6.45, 7) is 0. The van der Waals surface area contributed by atoms with Crippen LogP contribution in [-0.2, 0) is 0 Å². The minimum absolute atomic E-state index is 1.15. The van der Waals surface area contributed by atoms with Crippen LogP contribution < -0.4 is 0 Å². The summed E-state index contributed by atoms with van der Waals surface area (Å²) in [4.78, 5) is 0. The summed E-state index contributed by atoms with van der Waals surface area (Å²) in [5.41, 5.74) is 23.7. The first-order chi connectivity index (χ1) is 48.6. The molecule has 0 saturated heterocycles. The SMILES string of the molecule is c1ccc(-c2cc(-c3c(-c4cccc5ccccc45)ccc4ccc(-c5cccc6ccccc56)cc34)cc(-c3c4ccccc4c(-c4cc(-c5ccccc5)cc(-c5c(-c6cccc7ccccc67)ccc6ccc(-c7cccc8ccccc78)cc56)c4)c4ccccc34)c2)cc1. The van der Waals surface area contributed by atoms with E-state index in [-0.39, 0.29) is 0 Å². The molecule has 0 heteroatoms. The number of fused-ring (bicyclic) bond motifs is 8. The highest BCUT2D eigenvalue weighted by Crippen LogP contribution is 2.51. The number of hydrogen-bond donors (Lipinski definition) is 0. The maximum atomic E-state index is 2.50. The van der Waals surface area contributed by atoms with Crippen LogP contribution in [0.25, 0.3) is 197 Å². The summed E-state index contributed by atoms with van der Waals surface area (Å²) in [5.74, 6) is 0. The predicted molar refractivity (Wildman–Crippen MR) is 421 cm³/mol. The molecule has 0 nitrogen and oxygen atoms in total. The topological polar surface area (TPSA) is 0 Å². The Labute approximate surface area is 569 Å². The third-order valence-electron chi connectivity index (χ3n) is 20.6. The molecule has 0 atom stereocenters. The Morgan fingerprint density at radius 1 is 0.102 bits per heavy atom. The highest BCUT2D eigenvalue weighted by Gasteiger charge is 2.24. The van der Waals surface area contributed by atoms with Gasteiger partial charge in [0.1, 0.15) is 0 Å². The lowest BCUT2D eigenvalue weighted by Crippen LogP contribution is -1.95. The van der Waals surface area contributed by atoms with E-state index in [2.05, 4.69) is 376 Å². The van der Waals surface area contributed by atoms with E-state index in [0.717, 1.165) is 44.5 Å². The Balaban J connectivity index is 0.885. The van der Waals surface area contributed by atoms with Gasteiger partial charge in [-0.15, -0.1) is 0 Å². The van der Waals surface area contributed by atoms with Gasteiger partial charge in [0.15, 0.2) is 0 Å². The van der Waals surface area contributed by atoms with Gasteiger partial charge in [-0.05, 0) is 246 Å². The van der Waals surface area contributed by atoms with Crippen molar-refractivity contribution in [2.24, 2.45) is 0 Å². The molecule has 19 aromatic rings. The maximum Gasteiger partial charge on any atom is -0.00259 e. The summed E-state index contributed by atoms with van der Waals surface area (Å²) in [7, 11) is 0. The van der Waals surface area contributed by atoms with Crippen LogP contribution in [0.3, 0.4) is 0 Å². The van der Waals surface area contributed by atoms with Crippen molar-refractivity contribution < 1.29 is 0 Å². The Bertz CT molecular complexity index is 5930. The molecular formula is C98H62. The van der Waals surface area contributed by atoms with Crippen molar-refractivity contribution in [1.29, 1.82) is 0 Å². The summed E-state index contributed by atoms with van der Waals surface area (Å²) in [5, 5.41) is 19.4. The zero-order valence-corrected chi connectivity index (χ0v) is 53.8. The fourth-order valence-electron chi connectivity index (χ4n) is 16.1. The van der Waals surface area contributed by atoms with Gasteiger partial charge >= 0.3 is 0 Å². The molecule has 0 aliphatic carbocycles. The van der Waals surface area contributed by atoms with Gasteiger partial charge in [-0.3, -0.25) is 0 Å². The molecule has 0 aliphatic rings. The van der Waals surface area contributed by atoms with E-state index in [1.54, 1.807) is 0 Å². The Kier molecular flexibility index (Phi) is 13.7. The van der Waals surface area contributed by atoms with Crippen LogP contribution >= 0.6 is 0 Å². The fraction of sp³-hybridized carbons (Fsp3) is 0. The Morgan fingerprint density at radius 2 is 0.357 bits per heavy atom. The van der Waals surface area contributed by atoms with Crippen molar-refractivity contribution in [2.75, 3.05) is 0 Å². The zero-order valence-electron chi connectivity index (χ0n) is 53.8. The maximum absolute atomic E-state index is 2.50. The van der Waals surface area contributed by atoms with E-state index in [1.165, 1.54) is 153 Å². The van der Waals surface area contributed by atoms with Gasteiger partial charge in [0.25, 0.3) is 0 Å². The molecule has 0 spiro atoms. The highest BCUT2D eigenvalue weighted by molar-refractivity contribution is 6.23. The molecule has 0 bridgehead atoms. The minimum atomic E-state index is 1.15. The van der Waals surface area contributed by atoms with Crippen molar-refractivity contribution in [3.63, 3.8) is 0 Å². The second-order valence-corrected chi connectivity index (χ2v) is 26.1. The molecule has 0 heterocycles. The molecule has 0 aliphatic heterocycles. The Morgan fingerprint density at radius 3 is 0.714 bits per heavy atom. The quantitative estimate of drug-likeness (QED) is 0.120. The van der Waals surface area contributed by atoms with Crippen molar-refractivity contribution in [2.45, 2.75) is 0 Å². The van der Waals surface area contributed by atoms with Crippen LogP contribution in [0.1, 0.15) is 0 Å². The van der Waals surface area contributed by atoms with Gasteiger partial charge in [0.05, 0.1) is 0 Å². The first kappa shape index (κ1) is 56.8. The monoisotopic (exact) mass is 1240 g/mol. The lowest BCUT2D eigenvalue weighted by Gasteiger charge is -2.22. The van der Waals surface area contributed by atoms with Crippen LogP contribution in [-0.4, -0.2) is 0 Å². The third kappa shape index (κ3) is 9.68. The molecule has 0 unspecified atom stereocenters. The molecule has 454 valence electrons. The van der Waals surface area contributed by atoms with E-state index in [0.29, 0.717) is 0 Å². The first-order valence-corrected chi connectivity index (χ1v) is 34.0. The number of hydrogen-bond acceptors (Lipinski definition) is 0. The van der Waals surface area contributed by atoms with Gasteiger partial charge in [-0.1, -0.05) is 328 Å².